The average Bonchev–Trinajstić information content (AvgIpc) is 2.78. The number of rotatable bonds is 3. The Morgan fingerprint density at radius 2 is 1.53 bits per heavy atom. The van der Waals surface area contributed by atoms with Crippen LogP contribution >= 0.6 is 0 Å². The number of hydrogen-bond donors (Lipinski definition) is 1. The van der Waals surface area contributed by atoms with Gasteiger partial charge in [0.25, 0.3) is 5.91 Å². The summed E-state index contributed by atoms with van der Waals surface area (Å²) >= 11 is 0. The van der Waals surface area contributed by atoms with E-state index < -0.39 is 64.4 Å². The fourth-order valence-electron chi connectivity index (χ4n) is 4.19. The molecule has 38 heavy (non-hydrogen) atoms. The smallest absolute Gasteiger partial charge is 0.416 e. The average molecular weight is 548 g/mol. The number of carbonyl (C=O) groups is 2. The number of piperidine rings is 1. The third-order valence-electron chi connectivity index (χ3n) is 6.04. The van der Waals surface area contributed by atoms with E-state index in [2.05, 4.69) is 5.32 Å². The molecule has 2 aromatic rings. The number of ether oxygens (including phenoxy) is 1. The SMILES string of the molecule is Cc1cc([C@@H]2CN(C(=O)OC(C)(C)C)CC[C@H]2NC(=O)c2cc(C(F)(F)F)cc(C(F)(F)F)c2)ccc1F. The number of halogens is 7. The molecule has 0 saturated carbocycles. The zero-order chi connectivity index (χ0) is 28.6. The van der Waals surface area contributed by atoms with Crippen LogP contribution in [0.25, 0.3) is 0 Å². The van der Waals surface area contributed by atoms with Crippen LogP contribution in [0.15, 0.2) is 36.4 Å². The first-order valence-corrected chi connectivity index (χ1v) is 11.7. The van der Waals surface area contributed by atoms with E-state index in [-0.39, 0.29) is 31.1 Å². The van der Waals surface area contributed by atoms with E-state index in [1.807, 2.05) is 0 Å². The normalized spacial score (nSPS) is 18.8. The van der Waals surface area contributed by atoms with E-state index in [0.717, 1.165) is 0 Å². The molecule has 2 aromatic carbocycles. The van der Waals surface area contributed by atoms with Gasteiger partial charge in [-0.25, -0.2) is 9.18 Å². The van der Waals surface area contributed by atoms with Gasteiger partial charge in [0.1, 0.15) is 11.4 Å². The van der Waals surface area contributed by atoms with Crippen LogP contribution in [0.3, 0.4) is 0 Å². The Hall–Kier alpha value is -3.31. The van der Waals surface area contributed by atoms with Crippen molar-refractivity contribution >= 4 is 12.0 Å². The molecule has 2 atom stereocenters. The Morgan fingerprint density at radius 1 is 0.947 bits per heavy atom. The lowest BCUT2D eigenvalue weighted by atomic mass is 9.85. The third kappa shape index (κ3) is 7.16. The lowest BCUT2D eigenvalue weighted by Crippen LogP contribution is -2.52. The molecule has 1 aliphatic rings. The van der Waals surface area contributed by atoms with Gasteiger partial charge in [0.15, 0.2) is 0 Å². The Bertz CT molecular complexity index is 1170. The zero-order valence-corrected chi connectivity index (χ0v) is 21.1. The highest BCUT2D eigenvalue weighted by Crippen LogP contribution is 2.37. The first-order chi connectivity index (χ1) is 17.3. The van der Waals surface area contributed by atoms with Gasteiger partial charge in [0, 0.05) is 30.6 Å². The second-order valence-electron chi connectivity index (χ2n) is 10.2. The number of alkyl halides is 6. The molecule has 0 spiro atoms. The van der Waals surface area contributed by atoms with E-state index >= 15 is 0 Å². The summed E-state index contributed by atoms with van der Waals surface area (Å²) < 4.78 is 98.9. The quantitative estimate of drug-likeness (QED) is 0.435. The Morgan fingerprint density at radius 3 is 2.03 bits per heavy atom. The second-order valence-corrected chi connectivity index (χ2v) is 10.2. The molecule has 0 aromatic heterocycles. The molecule has 0 unspecified atom stereocenters. The lowest BCUT2D eigenvalue weighted by molar-refractivity contribution is -0.143. The summed E-state index contributed by atoms with van der Waals surface area (Å²) in [5.74, 6) is -2.27. The molecule has 0 aliphatic carbocycles. The largest absolute Gasteiger partial charge is 0.444 e. The number of aryl methyl sites for hydroxylation is 1. The van der Waals surface area contributed by atoms with Gasteiger partial charge >= 0.3 is 18.4 Å². The summed E-state index contributed by atoms with van der Waals surface area (Å²) in [7, 11) is 0. The highest BCUT2D eigenvalue weighted by molar-refractivity contribution is 5.95. The molecule has 1 saturated heterocycles. The van der Waals surface area contributed by atoms with Crippen molar-refractivity contribution in [1.82, 2.24) is 10.2 Å². The van der Waals surface area contributed by atoms with Crippen molar-refractivity contribution in [2.45, 2.75) is 64.0 Å². The summed E-state index contributed by atoms with van der Waals surface area (Å²) in [5.41, 5.74) is -4.00. The van der Waals surface area contributed by atoms with Gasteiger partial charge in [-0.1, -0.05) is 12.1 Å². The van der Waals surface area contributed by atoms with Crippen LogP contribution in [0, 0.1) is 12.7 Å². The molecule has 2 amide bonds. The van der Waals surface area contributed by atoms with Crippen LogP contribution < -0.4 is 5.32 Å². The minimum absolute atomic E-state index is 0.0152. The van der Waals surface area contributed by atoms with Crippen molar-refractivity contribution < 1.29 is 45.1 Å². The fourth-order valence-corrected chi connectivity index (χ4v) is 4.19. The Balaban J connectivity index is 1.94. The number of hydrogen-bond acceptors (Lipinski definition) is 3. The highest BCUT2D eigenvalue weighted by Gasteiger charge is 2.39. The fraction of sp³-hybridized carbons (Fsp3) is 0.462. The molecule has 1 N–H and O–H groups in total. The second kappa shape index (κ2) is 10.5. The molecule has 0 bridgehead atoms. The highest BCUT2D eigenvalue weighted by atomic mass is 19.4. The topological polar surface area (TPSA) is 58.6 Å². The van der Waals surface area contributed by atoms with E-state index in [4.69, 9.17) is 4.74 Å². The van der Waals surface area contributed by atoms with Gasteiger partial charge in [-0.05, 0) is 69.5 Å². The number of likely N-dealkylation sites (tertiary alicyclic amines) is 1. The van der Waals surface area contributed by atoms with Crippen LogP contribution in [0.1, 0.15) is 65.7 Å². The minimum Gasteiger partial charge on any atom is -0.444 e. The maximum absolute atomic E-state index is 13.9. The zero-order valence-electron chi connectivity index (χ0n) is 21.1. The molecule has 3 rings (SSSR count). The molecular formula is C26H27F7N2O3. The van der Waals surface area contributed by atoms with Gasteiger partial charge in [-0.15, -0.1) is 0 Å². The third-order valence-corrected chi connectivity index (χ3v) is 6.04. The summed E-state index contributed by atoms with van der Waals surface area (Å²) in [6, 6.07) is 4.06. The molecule has 1 aliphatic heterocycles. The Kier molecular flexibility index (Phi) is 8.05. The van der Waals surface area contributed by atoms with E-state index in [0.29, 0.717) is 17.7 Å². The summed E-state index contributed by atoms with van der Waals surface area (Å²) in [4.78, 5) is 27.0. The van der Waals surface area contributed by atoms with Gasteiger partial charge in [-0.3, -0.25) is 4.79 Å². The predicted molar refractivity (Wildman–Crippen MR) is 124 cm³/mol. The number of carbonyl (C=O) groups excluding carboxylic acids is 2. The summed E-state index contributed by atoms with van der Waals surface area (Å²) in [6.45, 7) is 6.69. The molecule has 208 valence electrons. The standard InChI is InChI=1S/C26H27F7N2O3/c1-14-9-15(5-6-20(14)27)19-13-35(23(37)38-24(2,3)4)8-7-21(19)34-22(36)16-10-17(25(28,29)30)12-18(11-16)26(31,32)33/h5-6,9-12,19,21H,7-8,13H2,1-4H3,(H,34,36)/t19-,21+/m0/s1. The van der Waals surface area contributed by atoms with Gasteiger partial charge < -0.3 is 15.0 Å². The van der Waals surface area contributed by atoms with Crippen LogP contribution in [-0.2, 0) is 17.1 Å². The first-order valence-electron chi connectivity index (χ1n) is 11.7. The van der Waals surface area contributed by atoms with Crippen molar-refractivity contribution in [3.05, 3.63) is 70.0 Å². The van der Waals surface area contributed by atoms with Crippen molar-refractivity contribution in [2.75, 3.05) is 13.1 Å². The molecule has 12 heteroatoms. The number of nitrogens with zero attached hydrogens (tertiary/aromatic N) is 1. The molecular weight excluding hydrogens is 521 g/mol. The van der Waals surface area contributed by atoms with Crippen molar-refractivity contribution in [1.29, 1.82) is 0 Å². The minimum atomic E-state index is -5.11. The van der Waals surface area contributed by atoms with Gasteiger partial charge in [0.05, 0.1) is 11.1 Å². The molecule has 1 fully saturated rings. The van der Waals surface area contributed by atoms with Crippen LogP contribution in [0.2, 0.25) is 0 Å². The monoisotopic (exact) mass is 548 g/mol. The van der Waals surface area contributed by atoms with E-state index in [1.165, 1.54) is 30.0 Å². The van der Waals surface area contributed by atoms with Crippen molar-refractivity contribution in [3.8, 4) is 0 Å². The van der Waals surface area contributed by atoms with Crippen LogP contribution in [0.5, 0.6) is 0 Å². The maximum Gasteiger partial charge on any atom is 0.416 e. The molecule has 5 nitrogen and oxygen atoms in total. The molecule has 0 radical (unpaired) electrons. The van der Waals surface area contributed by atoms with Crippen LogP contribution in [-0.4, -0.2) is 41.6 Å². The number of amides is 2. The van der Waals surface area contributed by atoms with E-state index in [1.54, 1.807) is 20.8 Å². The Labute approximate surface area is 214 Å². The lowest BCUT2D eigenvalue weighted by Gasteiger charge is -2.39. The number of benzene rings is 2. The molecule has 1 heterocycles. The summed E-state index contributed by atoms with van der Waals surface area (Å²) in [6.07, 6.45) is -10.7. The van der Waals surface area contributed by atoms with Crippen molar-refractivity contribution in [3.63, 3.8) is 0 Å². The predicted octanol–water partition coefficient (Wildman–Crippen LogP) is 6.69. The maximum atomic E-state index is 13.9. The van der Waals surface area contributed by atoms with Crippen molar-refractivity contribution in [2.24, 2.45) is 0 Å². The first kappa shape index (κ1) is 29.2. The van der Waals surface area contributed by atoms with Gasteiger partial charge in [-0.2, -0.15) is 26.3 Å². The van der Waals surface area contributed by atoms with E-state index in [9.17, 15) is 40.3 Å². The summed E-state index contributed by atoms with van der Waals surface area (Å²) in [5, 5.41) is 2.54. The van der Waals surface area contributed by atoms with Gasteiger partial charge in [0.2, 0.25) is 0 Å². The number of nitrogens with one attached hydrogen (secondary N) is 1. The van der Waals surface area contributed by atoms with Crippen LogP contribution in [0.4, 0.5) is 35.5 Å².